The number of methoxy groups -OCH3 is 2. The van der Waals surface area contributed by atoms with Crippen LogP contribution in [0.1, 0.15) is 18.1 Å². The van der Waals surface area contributed by atoms with Crippen LogP contribution in [0.25, 0.3) is 5.57 Å². The molecule has 0 N–H and O–H groups in total. The zero-order valence-corrected chi connectivity index (χ0v) is 11.6. The van der Waals surface area contributed by atoms with E-state index in [9.17, 15) is 9.59 Å². The average Bonchev–Trinajstić information content (AvgIpc) is 2.43. The monoisotopic (exact) mass is 262 g/mol. The number of benzene rings is 1. The van der Waals surface area contributed by atoms with Gasteiger partial charge in [-0.15, -0.1) is 0 Å². The molecule has 0 unspecified atom stereocenters. The molecule has 0 saturated heterocycles. The van der Waals surface area contributed by atoms with E-state index in [1.165, 1.54) is 14.2 Å². The summed E-state index contributed by atoms with van der Waals surface area (Å²) in [6.45, 7) is 3.72. The van der Waals surface area contributed by atoms with Crippen molar-refractivity contribution in [1.82, 2.24) is 0 Å². The minimum Gasteiger partial charge on any atom is -0.468 e. The van der Waals surface area contributed by atoms with Gasteiger partial charge in [0.2, 0.25) is 0 Å². The van der Waals surface area contributed by atoms with Crippen LogP contribution in [0.2, 0.25) is 0 Å². The number of rotatable bonds is 4. The largest absolute Gasteiger partial charge is 0.468 e. The molecule has 0 radical (unpaired) electrons. The van der Waals surface area contributed by atoms with Crippen LogP contribution in [-0.2, 0) is 19.1 Å². The Morgan fingerprint density at radius 2 is 1.74 bits per heavy atom. The van der Waals surface area contributed by atoms with Gasteiger partial charge in [0.25, 0.3) is 0 Å². The smallest absolute Gasteiger partial charge is 0.324 e. The van der Waals surface area contributed by atoms with Gasteiger partial charge in [-0.25, -0.2) is 0 Å². The van der Waals surface area contributed by atoms with Gasteiger partial charge in [-0.05, 0) is 25.0 Å². The lowest BCUT2D eigenvalue weighted by molar-refractivity contribution is -0.155. The molecule has 0 aromatic heterocycles. The van der Waals surface area contributed by atoms with Gasteiger partial charge in [-0.2, -0.15) is 0 Å². The lowest BCUT2D eigenvalue weighted by atomic mass is 9.91. The first-order valence-corrected chi connectivity index (χ1v) is 5.94. The van der Waals surface area contributed by atoms with Crippen molar-refractivity contribution in [2.45, 2.75) is 13.8 Å². The van der Waals surface area contributed by atoms with E-state index in [0.29, 0.717) is 5.57 Å². The minimum atomic E-state index is -1.05. The van der Waals surface area contributed by atoms with Crippen molar-refractivity contribution >= 4 is 17.5 Å². The van der Waals surface area contributed by atoms with E-state index in [4.69, 9.17) is 0 Å². The van der Waals surface area contributed by atoms with Crippen LogP contribution in [0.5, 0.6) is 0 Å². The van der Waals surface area contributed by atoms with Gasteiger partial charge in [-0.3, -0.25) is 9.59 Å². The highest BCUT2D eigenvalue weighted by Crippen LogP contribution is 2.26. The topological polar surface area (TPSA) is 52.6 Å². The molecule has 0 aliphatic carbocycles. The van der Waals surface area contributed by atoms with Gasteiger partial charge >= 0.3 is 11.9 Å². The fraction of sp³-hybridized carbons (Fsp3) is 0.333. The highest BCUT2D eigenvalue weighted by molar-refractivity contribution is 6.06. The molecule has 1 aromatic carbocycles. The molecule has 102 valence electrons. The van der Waals surface area contributed by atoms with E-state index in [1.807, 2.05) is 31.2 Å². The van der Waals surface area contributed by atoms with Crippen LogP contribution >= 0.6 is 0 Å². The standard InChI is InChI=1S/C15H18O4/c1-5-12(11-8-6-7-10(2)9-11)13(14(16)18-3)15(17)19-4/h5-9,13H,1-4H3/b12-5+. The van der Waals surface area contributed by atoms with Crippen LogP contribution in [0.15, 0.2) is 30.3 Å². The number of hydrogen-bond acceptors (Lipinski definition) is 4. The van der Waals surface area contributed by atoms with Crippen molar-refractivity contribution in [2.75, 3.05) is 14.2 Å². The predicted octanol–water partition coefficient (Wildman–Crippen LogP) is 2.36. The zero-order valence-electron chi connectivity index (χ0n) is 11.6. The second-order valence-electron chi connectivity index (χ2n) is 4.09. The van der Waals surface area contributed by atoms with Crippen LogP contribution in [0, 0.1) is 12.8 Å². The lowest BCUT2D eigenvalue weighted by Crippen LogP contribution is -2.27. The first-order valence-electron chi connectivity index (χ1n) is 5.94. The van der Waals surface area contributed by atoms with Gasteiger partial charge in [0.05, 0.1) is 14.2 Å². The Bertz CT molecular complexity index is 487. The maximum atomic E-state index is 11.8. The second kappa shape index (κ2) is 6.73. The maximum absolute atomic E-state index is 11.8. The van der Waals surface area contributed by atoms with Crippen molar-refractivity contribution in [3.05, 3.63) is 41.5 Å². The molecule has 0 aliphatic heterocycles. The van der Waals surface area contributed by atoms with Crippen LogP contribution in [0.3, 0.4) is 0 Å². The van der Waals surface area contributed by atoms with E-state index in [0.717, 1.165) is 11.1 Å². The summed E-state index contributed by atoms with van der Waals surface area (Å²) in [5, 5.41) is 0. The van der Waals surface area contributed by atoms with Crippen molar-refractivity contribution in [1.29, 1.82) is 0 Å². The quantitative estimate of drug-likeness (QED) is 0.617. The third-order valence-electron chi connectivity index (χ3n) is 2.85. The molecule has 0 bridgehead atoms. The first-order chi connectivity index (χ1) is 9.04. The number of esters is 2. The van der Waals surface area contributed by atoms with Gasteiger partial charge in [-0.1, -0.05) is 35.9 Å². The molecule has 0 saturated carbocycles. The Morgan fingerprint density at radius 1 is 1.16 bits per heavy atom. The van der Waals surface area contributed by atoms with Crippen molar-refractivity contribution in [2.24, 2.45) is 5.92 Å². The van der Waals surface area contributed by atoms with E-state index in [2.05, 4.69) is 9.47 Å². The van der Waals surface area contributed by atoms with E-state index in [1.54, 1.807) is 13.0 Å². The molecule has 0 spiro atoms. The molecule has 0 fully saturated rings. The Balaban J connectivity index is 3.25. The van der Waals surface area contributed by atoms with E-state index >= 15 is 0 Å². The highest BCUT2D eigenvalue weighted by Gasteiger charge is 2.32. The van der Waals surface area contributed by atoms with Gasteiger partial charge in [0.1, 0.15) is 0 Å². The second-order valence-corrected chi connectivity index (χ2v) is 4.09. The third-order valence-corrected chi connectivity index (χ3v) is 2.85. The van der Waals surface area contributed by atoms with E-state index in [-0.39, 0.29) is 0 Å². The Hall–Kier alpha value is -2.10. The number of aryl methyl sites for hydroxylation is 1. The summed E-state index contributed by atoms with van der Waals surface area (Å²) in [6, 6.07) is 7.58. The van der Waals surface area contributed by atoms with Crippen molar-refractivity contribution < 1.29 is 19.1 Å². The summed E-state index contributed by atoms with van der Waals surface area (Å²) in [4.78, 5) is 23.6. The number of carbonyl (C=O) groups is 2. The number of carbonyl (C=O) groups excluding carboxylic acids is 2. The molecule has 0 amide bonds. The van der Waals surface area contributed by atoms with Gasteiger partial charge in [0, 0.05) is 0 Å². The maximum Gasteiger partial charge on any atom is 0.324 e. The summed E-state index contributed by atoms with van der Waals surface area (Å²) in [5.74, 6) is -2.30. The first kappa shape index (κ1) is 15.0. The average molecular weight is 262 g/mol. The number of ether oxygens (including phenoxy) is 2. The Labute approximate surface area is 113 Å². The molecule has 1 aromatic rings. The summed E-state index contributed by atoms with van der Waals surface area (Å²) in [6.07, 6.45) is 1.73. The fourth-order valence-electron chi connectivity index (χ4n) is 1.91. The summed E-state index contributed by atoms with van der Waals surface area (Å²) < 4.78 is 9.38. The Kier molecular flexibility index (Phi) is 5.30. The van der Waals surface area contributed by atoms with E-state index < -0.39 is 17.9 Å². The normalized spacial score (nSPS) is 11.3. The molecule has 0 aliphatic rings. The van der Waals surface area contributed by atoms with Crippen LogP contribution in [0.4, 0.5) is 0 Å². The lowest BCUT2D eigenvalue weighted by Gasteiger charge is -2.16. The molecule has 19 heavy (non-hydrogen) atoms. The SMILES string of the molecule is C/C=C(\c1cccc(C)c1)C(C(=O)OC)C(=O)OC. The fourth-order valence-corrected chi connectivity index (χ4v) is 1.91. The molecule has 0 heterocycles. The molecule has 0 atom stereocenters. The molecular formula is C15H18O4. The van der Waals surface area contributed by atoms with Crippen LogP contribution in [-0.4, -0.2) is 26.2 Å². The van der Waals surface area contributed by atoms with Crippen molar-refractivity contribution in [3.63, 3.8) is 0 Å². The summed E-state index contributed by atoms with van der Waals surface area (Å²) in [5.41, 5.74) is 2.44. The summed E-state index contributed by atoms with van der Waals surface area (Å²) in [7, 11) is 2.50. The number of allylic oxidation sites excluding steroid dienone is 1. The Morgan fingerprint density at radius 3 is 2.16 bits per heavy atom. The number of hydrogen-bond donors (Lipinski definition) is 0. The zero-order chi connectivity index (χ0) is 14.4. The minimum absolute atomic E-state index is 0.586. The summed E-state index contributed by atoms with van der Waals surface area (Å²) >= 11 is 0. The molecule has 4 heteroatoms. The molecule has 1 rings (SSSR count). The van der Waals surface area contributed by atoms with Gasteiger partial charge < -0.3 is 9.47 Å². The third kappa shape index (κ3) is 3.44. The van der Waals surface area contributed by atoms with Gasteiger partial charge in [0.15, 0.2) is 5.92 Å². The molecular weight excluding hydrogens is 244 g/mol. The van der Waals surface area contributed by atoms with Crippen LogP contribution < -0.4 is 0 Å². The highest BCUT2D eigenvalue weighted by atomic mass is 16.5. The predicted molar refractivity (Wildman–Crippen MR) is 72.4 cm³/mol. The van der Waals surface area contributed by atoms with Crippen molar-refractivity contribution in [3.8, 4) is 0 Å². The molecule has 4 nitrogen and oxygen atoms in total.